The summed E-state index contributed by atoms with van der Waals surface area (Å²) in [7, 11) is 1.73. The first-order valence-corrected chi connectivity index (χ1v) is 14.3. The molecule has 2 aliphatic heterocycles. The number of unbranched alkanes of at least 4 members (excludes halogenated alkanes) is 2. The van der Waals surface area contributed by atoms with E-state index in [1.165, 1.54) is 0 Å². The fraction of sp³-hybridized carbons (Fsp3) is 0.828. The van der Waals surface area contributed by atoms with Crippen LogP contribution in [0.5, 0.6) is 0 Å². The minimum Gasteiger partial charge on any atom is -0.477 e. The molecule has 2 saturated heterocycles. The number of carbonyl (C=O) groups is 1. The number of carboxylic acids is 1. The van der Waals surface area contributed by atoms with Gasteiger partial charge in [0.25, 0.3) is 5.79 Å². The molecule has 3 fully saturated rings. The minimum atomic E-state index is -1.81. The largest absolute Gasteiger partial charge is 0.477 e. The number of aliphatic hydroxyl groups excluding tert-OH is 1. The Morgan fingerprint density at radius 3 is 2.22 bits per heavy atom. The zero-order valence-corrected chi connectivity index (χ0v) is 22.6. The Balaban J connectivity index is 1.54. The number of hydrogen-bond donors (Lipinski definition) is 2. The van der Waals surface area contributed by atoms with Crippen molar-refractivity contribution >= 4 is 5.97 Å². The number of carboxylic acid groups (broad SMARTS) is 1. The molecule has 0 aromatic rings. The SMILES string of the molecule is COCCCC/C=C/[C@H]1CC[C@H](O)[C@@H]1C/C=C\CCC(OC1CCCCO1)(OC1CCCCO1)C(=O)O. The lowest BCUT2D eigenvalue weighted by molar-refractivity contribution is -0.352. The van der Waals surface area contributed by atoms with Crippen LogP contribution >= 0.6 is 0 Å². The van der Waals surface area contributed by atoms with E-state index in [4.69, 9.17) is 23.7 Å². The molecule has 3 rings (SSSR count). The van der Waals surface area contributed by atoms with Crippen molar-refractivity contribution in [3.8, 4) is 0 Å². The zero-order chi connectivity index (χ0) is 26.3. The van der Waals surface area contributed by atoms with E-state index in [0.29, 0.717) is 38.4 Å². The first kappa shape index (κ1) is 30.3. The molecule has 0 aromatic carbocycles. The normalized spacial score (nSPS) is 30.7. The molecule has 0 aromatic heterocycles. The van der Waals surface area contributed by atoms with Crippen LogP contribution in [0, 0.1) is 11.8 Å². The quantitative estimate of drug-likeness (QED) is 0.158. The van der Waals surface area contributed by atoms with E-state index < -0.39 is 24.3 Å². The van der Waals surface area contributed by atoms with Crippen molar-refractivity contribution in [3.63, 3.8) is 0 Å². The minimum absolute atomic E-state index is 0.163. The van der Waals surface area contributed by atoms with Gasteiger partial charge in [0.1, 0.15) is 0 Å². The third-order valence-electron chi connectivity index (χ3n) is 7.65. The van der Waals surface area contributed by atoms with E-state index in [2.05, 4.69) is 18.2 Å². The fourth-order valence-corrected chi connectivity index (χ4v) is 5.46. The molecular weight excluding hydrogens is 476 g/mol. The van der Waals surface area contributed by atoms with Gasteiger partial charge in [-0.3, -0.25) is 0 Å². The van der Waals surface area contributed by atoms with Gasteiger partial charge < -0.3 is 33.9 Å². The molecule has 37 heavy (non-hydrogen) atoms. The maximum atomic E-state index is 12.5. The van der Waals surface area contributed by atoms with Crippen LogP contribution in [0.4, 0.5) is 0 Å². The number of allylic oxidation sites excluding steroid dienone is 4. The molecule has 8 nitrogen and oxygen atoms in total. The van der Waals surface area contributed by atoms with Gasteiger partial charge in [-0.2, -0.15) is 0 Å². The molecule has 1 saturated carbocycles. The number of methoxy groups -OCH3 is 1. The molecule has 2 heterocycles. The van der Waals surface area contributed by atoms with Gasteiger partial charge in [-0.25, -0.2) is 4.79 Å². The molecule has 0 amide bonds. The summed E-state index contributed by atoms with van der Waals surface area (Å²) in [6.45, 7) is 1.92. The predicted octanol–water partition coefficient (Wildman–Crippen LogP) is 5.34. The van der Waals surface area contributed by atoms with E-state index in [0.717, 1.165) is 70.8 Å². The van der Waals surface area contributed by atoms with E-state index in [1.54, 1.807) is 7.11 Å². The van der Waals surface area contributed by atoms with Gasteiger partial charge >= 0.3 is 5.97 Å². The standard InChI is InChI=1S/C29H48O8/c1-33-20-10-3-2-5-13-23-17-18-25(30)24(23)14-6-4-9-19-29(28(31)32,36-26-15-7-11-21-34-26)37-27-16-8-12-22-35-27/h4-6,13,23-27,30H,2-3,7-12,14-22H2,1H3,(H,31,32)/b6-4-,13-5+/t23-,24+,25-,26?,27?,29?/m0/s1. The molecule has 3 aliphatic rings. The lowest BCUT2D eigenvalue weighted by Crippen LogP contribution is -2.51. The van der Waals surface area contributed by atoms with E-state index in [1.807, 2.05) is 6.08 Å². The molecule has 1 aliphatic carbocycles. The third kappa shape index (κ3) is 10.1. The number of aliphatic hydroxyl groups is 1. The molecule has 2 unspecified atom stereocenters. The van der Waals surface area contributed by atoms with Gasteiger partial charge in [0.2, 0.25) is 0 Å². The van der Waals surface area contributed by atoms with Crippen LogP contribution in [-0.2, 0) is 28.5 Å². The van der Waals surface area contributed by atoms with Crippen molar-refractivity contribution in [3.05, 3.63) is 24.3 Å². The second-order valence-electron chi connectivity index (χ2n) is 10.5. The Labute approximate surface area is 222 Å². The number of hydrogen-bond acceptors (Lipinski definition) is 7. The average molecular weight is 525 g/mol. The summed E-state index contributed by atoms with van der Waals surface area (Å²) in [5.74, 6) is -2.39. The molecule has 5 atom stereocenters. The molecular formula is C29H48O8. The van der Waals surface area contributed by atoms with Gasteiger partial charge in [0, 0.05) is 33.4 Å². The highest BCUT2D eigenvalue weighted by atomic mass is 16.8. The Morgan fingerprint density at radius 1 is 0.919 bits per heavy atom. The average Bonchev–Trinajstić information content (AvgIpc) is 3.25. The Bertz CT molecular complexity index is 676. The summed E-state index contributed by atoms with van der Waals surface area (Å²) in [5, 5.41) is 20.7. The summed E-state index contributed by atoms with van der Waals surface area (Å²) < 4.78 is 28.5. The topological polar surface area (TPSA) is 104 Å². The molecule has 0 radical (unpaired) electrons. The van der Waals surface area contributed by atoms with Gasteiger partial charge in [-0.1, -0.05) is 24.3 Å². The summed E-state index contributed by atoms with van der Waals surface area (Å²) in [5.41, 5.74) is 0. The lowest BCUT2D eigenvalue weighted by atomic mass is 9.90. The van der Waals surface area contributed by atoms with E-state index in [-0.39, 0.29) is 18.4 Å². The molecule has 2 N–H and O–H groups in total. The number of aliphatic carboxylic acids is 1. The monoisotopic (exact) mass is 524 g/mol. The maximum absolute atomic E-state index is 12.5. The molecule has 0 bridgehead atoms. The predicted molar refractivity (Wildman–Crippen MR) is 140 cm³/mol. The van der Waals surface area contributed by atoms with Crippen LogP contribution in [-0.4, -0.2) is 67.6 Å². The van der Waals surface area contributed by atoms with Crippen LogP contribution in [0.15, 0.2) is 24.3 Å². The van der Waals surface area contributed by atoms with Crippen molar-refractivity contribution in [1.29, 1.82) is 0 Å². The van der Waals surface area contributed by atoms with Gasteiger partial charge in [-0.05, 0) is 95.3 Å². The summed E-state index contributed by atoms with van der Waals surface area (Å²) in [6.07, 6.45) is 18.6. The smallest absolute Gasteiger partial charge is 0.364 e. The zero-order valence-electron chi connectivity index (χ0n) is 22.6. The highest BCUT2D eigenvalue weighted by Gasteiger charge is 2.46. The second kappa shape index (κ2) is 16.6. The van der Waals surface area contributed by atoms with Crippen molar-refractivity contribution in [2.24, 2.45) is 11.8 Å². The summed E-state index contributed by atoms with van der Waals surface area (Å²) in [4.78, 5) is 12.5. The Kier molecular flexibility index (Phi) is 13.6. The highest BCUT2D eigenvalue weighted by Crippen LogP contribution is 2.36. The highest BCUT2D eigenvalue weighted by molar-refractivity contribution is 5.75. The van der Waals surface area contributed by atoms with Crippen LogP contribution in [0.25, 0.3) is 0 Å². The fourth-order valence-electron chi connectivity index (χ4n) is 5.46. The first-order valence-electron chi connectivity index (χ1n) is 14.3. The molecule has 212 valence electrons. The maximum Gasteiger partial charge on any atom is 0.364 e. The van der Waals surface area contributed by atoms with Crippen LogP contribution in [0.2, 0.25) is 0 Å². The first-order chi connectivity index (χ1) is 18.0. The molecule has 8 heteroatoms. The Morgan fingerprint density at radius 2 is 1.62 bits per heavy atom. The summed E-state index contributed by atoms with van der Waals surface area (Å²) >= 11 is 0. The van der Waals surface area contributed by atoms with Gasteiger partial charge in [0.05, 0.1) is 6.10 Å². The van der Waals surface area contributed by atoms with Crippen LogP contribution in [0.3, 0.4) is 0 Å². The van der Waals surface area contributed by atoms with Crippen molar-refractivity contribution in [2.45, 2.75) is 114 Å². The molecule has 0 spiro atoms. The van der Waals surface area contributed by atoms with Gasteiger partial charge in [0.15, 0.2) is 12.6 Å². The van der Waals surface area contributed by atoms with Crippen molar-refractivity contribution in [1.82, 2.24) is 0 Å². The van der Waals surface area contributed by atoms with Gasteiger partial charge in [-0.15, -0.1) is 0 Å². The van der Waals surface area contributed by atoms with E-state index in [9.17, 15) is 15.0 Å². The van der Waals surface area contributed by atoms with Crippen LogP contribution in [0.1, 0.15) is 89.9 Å². The third-order valence-corrected chi connectivity index (χ3v) is 7.65. The summed E-state index contributed by atoms with van der Waals surface area (Å²) in [6, 6.07) is 0. The number of rotatable bonds is 16. The number of ether oxygens (including phenoxy) is 5. The van der Waals surface area contributed by atoms with Crippen molar-refractivity contribution in [2.75, 3.05) is 26.9 Å². The lowest BCUT2D eigenvalue weighted by Gasteiger charge is -2.37. The Hall–Kier alpha value is -1.29. The van der Waals surface area contributed by atoms with E-state index >= 15 is 0 Å². The second-order valence-corrected chi connectivity index (χ2v) is 10.5. The van der Waals surface area contributed by atoms with Crippen molar-refractivity contribution < 1.29 is 38.7 Å². The van der Waals surface area contributed by atoms with Crippen LogP contribution < -0.4 is 0 Å².